The summed E-state index contributed by atoms with van der Waals surface area (Å²) in [6, 6.07) is 5.09. The summed E-state index contributed by atoms with van der Waals surface area (Å²) in [6.07, 6.45) is 10.1. The van der Waals surface area contributed by atoms with E-state index in [-0.39, 0.29) is 42.4 Å². The van der Waals surface area contributed by atoms with E-state index in [1.807, 2.05) is 30.5 Å². The molecule has 2 aliphatic carbocycles. The highest BCUT2D eigenvalue weighted by molar-refractivity contribution is 7.99. The molecule has 2 aliphatic heterocycles. The lowest BCUT2D eigenvalue weighted by atomic mass is 10.0. The van der Waals surface area contributed by atoms with Gasteiger partial charge in [-0.2, -0.15) is 5.10 Å². The molecule has 5 atom stereocenters. The highest BCUT2D eigenvalue weighted by Crippen LogP contribution is 2.46. The highest BCUT2D eigenvalue weighted by atomic mass is 32.2. The third kappa shape index (κ3) is 11.4. The van der Waals surface area contributed by atoms with Crippen LogP contribution in [-0.4, -0.2) is 97.8 Å². The van der Waals surface area contributed by atoms with Crippen molar-refractivity contribution in [2.24, 2.45) is 5.92 Å². The molecule has 0 bridgehead atoms. The van der Waals surface area contributed by atoms with Gasteiger partial charge in [0, 0.05) is 45.8 Å². The first kappa shape index (κ1) is 45.9. The Bertz CT molecular complexity index is 2320. The number of aryl methyl sites for hydroxylation is 1. The summed E-state index contributed by atoms with van der Waals surface area (Å²) in [4.78, 5) is 63.2. The van der Waals surface area contributed by atoms with E-state index in [2.05, 4.69) is 53.4 Å². The third-order valence-corrected chi connectivity index (χ3v) is 13.9. The minimum absolute atomic E-state index is 0.0184. The molecule has 3 fully saturated rings. The number of nitrogens with one attached hydrogen (secondary N) is 3. The summed E-state index contributed by atoms with van der Waals surface area (Å²) in [7, 11) is 1.61. The SMILES string of the molecule is CC1(SNC=O)CC1.COc1ccc2c(O[C@@H]3CC4C(=O)NC5C[C@H]5/C=C\CCCCC[C@H](NC(=O)c5ccnn5CC(F)F)C(=O)N4C3)cc(-c3nc(C(C)C)cs3)nc2c1C. The molecule has 4 aliphatic rings. The Morgan fingerprint density at radius 3 is 2.65 bits per heavy atom. The largest absolute Gasteiger partial charge is 0.496 e. The molecule has 18 heteroatoms. The molecule has 4 aromatic rings. The van der Waals surface area contributed by atoms with Gasteiger partial charge in [-0.1, -0.05) is 38.8 Å². The number of nitrogens with zero attached hydrogens (tertiary/aromatic N) is 5. The lowest BCUT2D eigenvalue weighted by Crippen LogP contribution is -2.54. The summed E-state index contributed by atoms with van der Waals surface area (Å²) < 4.78 is 42.8. The van der Waals surface area contributed by atoms with E-state index in [0.29, 0.717) is 40.3 Å². The predicted octanol–water partition coefficient (Wildman–Crippen LogP) is 7.37. The van der Waals surface area contributed by atoms with E-state index < -0.39 is 43.0 Å². The molecule has 63 heavy (non-hydrogen) atoms. The number of thiazole rings is 1. The van der Waals surface area contributed by atoms with Crippen LogP contribution in [0.3, 0.4) is 0 Å². The van der Waals surface area contributed by atoms with Gasteiger partial charge in [-0.15, -0.1) is 11.3 Å². The summed E-state index contributed by atoms with van der Waals surface area (Å²) in [5.74, 6) is 0.322. The number of alkyl halides is 2. The van der Waals surface area contributed by atoms with Crippen LogP contribution in [0.4, 0.5) is 8.78 Å². The standard InChI is InChI=1S/C40H47F2N7O5S.C5H9NOS/c1-22(2)30-21-55-39(47-30)29-18-34(26-12-13-33(53-4)23(3)36(26)44-29)54-25-17-32-38(51)46-28-16-24(28)10-8-6-5-7-9-11-27(40(52)48(32)19-25)45-37(50)31-14-15-43-49(31)20-35(41)42;1-5(2-3-5)8-6-4-7/h8,10,12-15,18,21-22,24-25,27-28,32,35H,5-7,9,11,16-17,19-20H2,1-4H3,(H,45,50)(H,46,51);4H,2-3H2,1H3,(H,6,7)/b10-8-;/t24-,25-,27+,28?,32?;/m1./s1. The number of allylic oxidation sites excluding steroid dienone is 1. The molecule has 0 radical (unpaired) electrons. The van der Waals surface area contributed by atoms with Crippen molar-refractivity contribution in [2.45, 2.75) is 133 Å². The van der Waals surface area contributed by atoms with E-state index in [1.165, 1.54) is 53.3 Å². The fourth-order valence-corrected chi connectivity index (χ4v) is 9.48. The van der Waals surface area contributed by atoms with Crippen LogP contribution in [-0.2, 0) is 20.9 Å². The molecule has 338 valence electrons. The molecule has 1 saturated heterocycles. The fourth-order valence-electron chi connectivity index (χ4n) is 7.90. The molecule has 4 amide bonds. The van der Waals surface area contributed by atoms with E-state index in [4.69, 9.17) is 19.4 Å². The zero-order valence-electron chi connectivity index (χ0n) is 36.3. The van der Waals surface area contributed by atoms with Crippen LogP contribution in [0.5, 0.6) is 11.5 Å². The fraction of sp³-hybridized carbons (Fsp3) is 0.533. The molecule has 5 heterocycles. The van der Waals surface area contributed by atoms with Crippen molar-refractivity contribution in [2.75, 3.05) is 13.7 Å². The van der Waals surface area contributed by atoms with Crippen LogP contribution in [0, 0.1) is 12.8 Å². The summed E-state index contributed by atoms with van der Waals surface area (Å²) in [6.45, 7) is 7.59. The van der Waals surface area contributed by atoms with Crippen LogP contribution >= 0.6 is 23.3 Å². The normalized spacial score (nSPS) is 23.6. The lowest BCUT2D eigenvalue weighted by molar-refractivity contribution is -0.140. The number of fused-ring (bicyclic) bond motifs is 3. The number of amides is 4. The van der Waals surface area contributed by atoms with Gasteiger partial charge in [0.05, 0.1) is 24.9 Å². The quantitative estimate of drug-likeness (QED) is 0.0742. The van der Waals surface area contributed by atoms with E-state index in [9.17, 15) is 28.0 Å². The van der Waals surface area contributed by atoms with Crippen molar-refractivity contribution in [3.63, 3.8) is 0 Å². The number of carbonyl (C=O) groups excluding carboxylic acids is 4. The van der Waals surface area contributed by atoms with Gasteiger partial charge >= 0.3 is 0 Å². The second-order valence-electron chi connectivity index (χ2n) is 17.2. The number of hydrogen-bond donors (Lipinski definition) is 3. The van der Waals surface area contributed by atoms with Crippen molar-refractivity contribution in [3.8, 4) is 22.2 Å². The van der Waals surface area contributed by atoms with Crippen LogP contribution in [0.15, 0.2) is 48.0 Å². The number of rotatable bonds is 12. The van der Waals surface area contributed by atoms with E-state index in [0.717, 1.165) is 58.4 Å². The van der Waals surface area contributed by atoms with Crippen molar-refractivity contribution in [1.82, 2.24) is 40.0 Å². The van der Waals surface area contributed by atoms with Gasteiger partial charge in [0.1, 0.15) is 52.6 Å². The molecular formula is C45H56F2N8O6S2. The molecule has 3 N–H and O–H groups in total. The maximum atomic E-state index is 14.6. The molecule has 8 rings (SSSR count). The van der Waals surface area contributed by atoms with Crippen molar-refractivity contribution >= 4 is 58.3 Å². The van der Waals surface area contributed by atoms with Crippen LogP contribution < -0.4 is 24.8 Å². The maximum Gasteiger partial charge on any atom is 0.270 e. The molecule has 2 unspecified atom stereocenters. The summed E-state index contributed by atoms with van der Waals surface area (Å²) >= 11 is 3.03. The number of ether oxygens (including phenoxy) is 2. The van der Waals surface area contributed by atoms with Gasteiger partial charge in [-0.05, 0) is 94.4 Å². The third-order valence-electron chi connectivity index (χ3n) is 11.9. The van der Waals surface area contributed by atoms with Gasteiger partial charge in [-0.3, -0.25) is 23.9 Å². The van der Waals surface area contributed by atoms with Gasteiger partial charge < -0.3 is 29.7 Å². The molecule has 3 aromatic heterocycles. The van der Waals surface area contributed by atoms with Crippen LogP contribution in [0.2, 0.25) is 0 Å². The van der Waals surface area contributed by atoms with E-state index in [1.54, 1.807) is 7.11 Å². The number of aromatic nitrogens is 4. The highest BCUT2D eigenvalue weighted by Gasteiger charge is 2.46. The predicted molar refractivity (Wildman–Crippen MR) is 239 cm³/mol. The Morgan fingerprint density at radius 1 is 1.13 bits per heavy atom. The number of pyridine rings is 1. The van der Waals surface area contributed by atoms with Crippen LogP contribution in [0.25, 0.3) is 21.6 Å². The minimum atomic E-state index is -2.72. The minimum Gasteiger partial charge on any atom is -0.496 e. The lowest BCUT2D eigenvalue weighted by Gasteiger charge is -2.28. The number of benzene rings is 1. The number of methoxy groups -OCH3 is 1. The Balaban J connectivity index is 0.000000670. The first-order valence-electron chi connectivity index (χ1n) is 21.6. The van der Waals surface area contributed by atoms with Gasteiger partial charge in [0.2, 0.25) is 18.2 Å². The monoisotopic (exact) mass is 906 g/mol. The first-order valence-corrected chi connectivity index (χ1v) is 23.3. The second-order valence-corrected chi connectivity index (χ2v) is 19.5. The Kier molecular flexibility index (Phi) is 14.7. The summed E-state index contributed by atoms with van der Waals surface area (Å²) in [5.41, 5.74) is 3.06. The number of carbonyl (C=O) groups is 4. The number of hydrogen-bond acceptors (Lipinski definition) is 11. The van der Waals surface area contributed by atoms with Crippen LogP contribution in [0.1, 0.15) is 106 Å². The molecule has 14 nitrogen and oxygen atoms in total. The molecule has 2 saturated carbocycles. The topological polar surface area (TPSA) is 170 Å². The maximum absolute atomic E-state index is 14.6. The van der Waals surface area contributed by atoms with Gasteiger partial charge in [-0.25, -0.2) is 18.7 Å². The van der Waals surface area contributed by atoms with Gasteiger partial charge in [0.25, 0.3) is 12.3 Å². The average molecular weight is 907 g/mol. The number of halogens is 2. The van der Waals surface area contributed by atoms with E-state index >= 15 is 0 Å². The molecular weight excluding hydrogens is 851 g/mol. The Hall–Kier alpha value is -5.10. The Morgan fingerprint density at radius 2 is 1.94 bits per heavy atom. The van der Waals surface area contributed by atoms with Crippen molar-refractivity contribution in [1.29, 1.82) is 0 Å². The average Bonchev–Trinajstić information content (AvgIpc) is 3.88. The van der Waals surface area contributed by atoms with Gasteiger partial charge in [0.15, 0.2) is 0 Å². The summed E-state index contributed by atoms with van der Waals surface area (Å²) in [5, 5.41) is 13.4. The zero-order valence-corrected chi connectivity index (χ0v) is 37.9. The first-order chi connectivity index (χ1) is 30.3. The smallest absolute Gasteiger partial charge is 0.270 e. The van der Waals surface area contributed by atoms with Crippen molar-refractivity contribution in [3.05, 3.63) is 64.9 Å². The zero-order chi connectivity index (χ0) is 44.8. The second kappa shape index (κ2) is 20.2. The molecule has 1 aromatic carbocycles. The van der Waals surface area contributed by atoms with Crippen molar-refractivity contribution < 1.29 is 37.4 Å². The Labute approximate surface area is 374 Å². The molecule has 0 spiro atoms.